The lowest BCUT2D eigenvalue weighted by Gasteiger charge is -1.99. The highest BCUT2D eigenvalue weighted by molar-refractivity contribution is 7.98. The van der Waals surface area contributed by atoms with Crippen molar-refractivity contribution in [3.05, 3.63) is 30.1 Å². The number of amides is 2. The van der Waals surface area contributed by atoms with E-state index in [1.807, 2.05) is 0 Å². The lowest BCUT2D eigenvalue weighted by molar-refractivity contribution is 0.254. The molecule has 0 aliphatic heterocycles. The number of nitrogens with two attached hydrogens (primary N) is 1. The summed E-state index contributed by atoms with van der Waals surface area (Å²) in [4.78, 5) is 11.0. The van der Waals surface area contributed by atoms with Gasteiger partial charge >= 0.3 is 6.03 Å². The zero-order chi connectivity index (χ0) is 8.97. The summed E-state index contributed by atoms with van der Waals surface area (Å²) in [6, 6.07) is 5.10. The number of nitrogens with one attached hydrogen (secondary N) is 1. The van der Waals surface area contributed by atoms with Crippen molar-refractivity contribution in [2.24, 2.45) is 5.73 Å². The van der Waals surface area contributed by atoms with E-state index >= 15 is 0 Å². The van der Waals surface area contributed by atoms with Gasteiger partial charge in [-0.3, -0.25) is 4.72 Å². The second-order valence-electron chi connectivity index (χ2n) is 2.02. The Morgan fingerprint density at radius 3 is 2.50 bits per heavy atom. The summed E-state index contributed by atoms with van der Waals surface area (Å²) < 4.78 is 14.7. The van der Waals surface area contributed by atoms with E-state index in [4.69, 9.17) is 5.73 Å². The average Bonchev–Trinajstić information content (AvgIpc) is 2.03. The quantitative estimate of drug-likeness (QED) is 0.688. The Labute approximate surface area is 73.3 Å². The maximum Gasteiger partial charge on any atom is 0.322 e. The molecule has 3 N–H and O–H groups in total. The molecule has 0 aliphatic rings. The van der Waals surface area contributed by atoms with E-state index in [0.29, 0.717) is 0 Å². The third kappa shape index (κ3) is 2.79. The summed E-state index contributed by atoms with van der Waals surface area (Å²) in [5.74, 6) is -0.307. The molecule has 2 amide bonds. The first-order valence-corrected chi connectivity index (χ1v) is 3.98. The Bertz CT molecular complexity index is 275. The molecule has 0 bridgehead atoms. The molecule has 64 valence electrons. The molecule has 0 radical (unpaired) electrons. The molecule has 0 fully saturated rings. The van der Waals surface area contributed by atoms with Gasteiger partial charge in [-0.05, 0) is 36.2 Å². The first-order valence-electron chi connectivity index (χ1n) is 3.16. The summed E-state index contributed by atoms with van der Waals surface area (Å²) >= 11 is 1.05. The maximum atomic E-state index is 12.4. The molecular formula is C7H7FN2OS. The third-order valence-electron chi connectivity index (χ3n) is 1.08. The number of hydrogen-bond acceptors (Lipinski definition) is 2. The molecule has 0 heterocycles. The second kappa shape index (κ2) is 3.96. The van der Waals surface area contributed by atoms with Crippen molar-refractivity contribution in [3.8, 4) is 0 Å². The summed E-state index contributed by atoms with van der Waals surface area (Å²) in [5, 5.41) is 0. The molecule has 0 spiro atoms. The first-order chi connectivity index (χ1) is 5.68. The molecule has 1 aromatic carbocycles. The fourth-order valence-corrected chi connectivity index (χ4v) is 1.10. The largest absolute Gasteiger partial charge is 0.351 e. The van der Waals surface area contributed by atoms with E-state index < -0.39 is 6.03 Å². The van der Waals surface area contributed by atoms with Gasteiger partial charge < -0.3 is 5.73 Å². The first kappa shape index (κ1) is 8.86. The van der Waals surface area contributed by atoms with Gasteiger partial charge in [0.25, 0.3) is 0 Å². The van der Waals surface area contributed by atoms with Crippen molar-refractivity contribution in [2.45, 2.75) is 4.90 Å². The molecule has 0 unspecified atom stereocenters. The van der Waals surface area contributed by atoms with Crippen LogP contribution in [-0.4, -0.2) is 6.03 Å². The molecule has 0 saturated heterocycles. The van der Waals surface area contributed by atoms with Crippen LogP contribution in [0.15, 0.2) is 29.2 Å². The zero-order valence-electron chi connectivity index (χ0n) is 6.08. The van der Waals surface area contributed by atoms with Crippen LogP contribution in [0.5, 0.6) is 0 Å². The summed E-state index contributed by atoms with van der Waals surface area (Å²) in [7, 11) is 0. The van der Waals surface area contributed by atoms with Gasteiger partial charge in [-0.1, -0.05) is 0 Å². The topological polar surface area (TPSA) is 55.1 Å². The van der Waals surface area contributed by atoms with Crippen LogP contribution in [0.2, 0.25) is 0 Å². The van der Waals surface area contributed by atoms with Crippen LogP contribution in [-0.2, 0) is 0 Å². The molecule has 0 aromatic heterocycles. The van der Waals surface area contributed by atoms with Crippen molar-refractivity contribution < 1.29 is 9.18 Å². The minimum absolute atomic E-state index is 0.307. The van der Waals surface area contributed by atoms with Gasteiger partial charge in [-0.25, -0.2) is 9.18 Å². The summed E-state index contributed by atoms with van der Waals surface area (Å²) in [6.45, 7) is 0. The van der Waals surface area contributed by atoms with Crippen molar-refractivity contribution in [1.82, 2.24) is 4.72 Å². The number of benzene rings is 1. The van der Waals surface area contributed by atoms with E-state index in [9.17, 15) is 9.18 Å². The van der Waals surface area contributed by atoms with E-state index in [-0.39, 0.29) is 5.82 Å². The molecule has 12 heavy (non-hydrogen) atoms. The van der Waals surface area contributed by atoms with Crippen molar-refractivity contribution in [3.63, 3.8) is 0 Å². The molecule has 0 atom stereocenters. The molecule has 3 nitrogen and oxygen atoms in total. The number of rotatable bonds is 2. The Hall–Kier alpha value is -1.23. The lowest BCUT2D eigenvalue weighted by Crippen LogP contribution is -2.22. The van der Waals surface area contributed by atoms with E-state index in [0.717, 1.165) is 16.8 Å². The van der Waals surface area contributed by atoms with Crippen molar-refractivity contribution >= 4 is 18.0 Å². The minimum atomic E-state index is -0.621. The Kier molecular flexibility index (Phi) is 2.93. The molecule has 0 aliphatic carbocycles. The predicted molar refractivity (Wildman–Crippen MR) is 45.0 cm³/mol. The predicted octanol–water partition coefficient (Wildman–Crippen LogP) is 1.50. The Morgan fingerprint density at radius 1 is 1.42 bits per heavy atom. The molecule has 1 aromatic rings. The third-order valence-corrected chi connectivity index (χ3v) is 1.89. The molecular weight excluding hydrogens is 179 g/mol. The van der Waals surface area contributed by atoms with Gasteiger partial charge in [0.15, 0.2) is 0 Å². The number of carbonyl (C=O) groups is 1. The SMILES string of the molecule is NC(=O)NSc1ccc(F)cc1. The van der Waals surface area contributed by atoms with Crippen LogP contribution >= 0.6 is 11.9 Å². The molecule has 5 heteroatoms. The number of primary amides is 1. The van der Waals surface area contributed by atoms with Crippen LogP contribution in [0.4, 0.5) is 9.18 Å². The van der Waals surface area contributed by atoms with E-state index in [2.05, 4.69) is 4.72 Å². The van der Waals surface area contributed by atoms with Gasteiger partial charge in [0.2, 0.25) is 0 Å². The fourth-order valence-electron chi connectivity index (χ4n) is 0.612. The van der Waals surface area contributed by atoms with E-state index in [1.165, 1.54) is 12.1 Å². The molecule has 1 rings (SSSR count). The number of urea groups is 1. The lowest BCUT2D eigenvalue weighted by atomic mass is 10.4. The van der Waals surface area contributed by atoms with Gasteiger partial charge in [0, 0.05) is 4.90 Å². The number of halogens is 1. The van der Waals surface area contributed by atoms with Gasteiger partial charge in [0.05, 0.1) is 0 Å². The monoisotopic (exact) mass is 186 g/mol. The Balaban J connectivity index is 2.53. The number of hydrogen-bond donors (Lipinski definition) is 2. The number of carbonyl (C=O) groups excluding carboxylic acids is 1. The smallest absolute Gasteiger partial charge is 0.322 e. The highest BCUT2D eigenvalue weighted by Gasteiger charge is 1.95. The average molecular weight is 186 g/mol. The van der Waals surface area contributed by atoms with Crippen molar-refractivity contribution in [1.29, 1.82) is 0 Å². The van der Waals surface area contributed by atoms with Crippen LogP contribution in [0.1, 0.15) is 0 Å². The van der Waals surface area contributed by atoms with Gasteiger partial charge in [0.1, 0.15) is 5.82 Å². The minimum Gasteiger partial charge on any atom is -0.351 e. The van der Waals surface area contributed by atoms with Crippen LogP contribution < -0.4 is 10.5 Å². The zero-order valence-corrected chi connectivity index (χ0v) is 6.90. The second-order valence-corrected chi connectivity index (χ2v) is 2.90. The summed E-state index contributed by atoms with van der Waals surface area (Å²) in [6.07, 6.45) is 0. The highest BCUT2D eigenvalue weighted by Crippen LogP contribution is 2.13. The van der Waals surface area contributed by atoms with Gasteiger partial charge in [-0.15, -0.1) is 0 Å². The highest BCUT2D eigenvalue weighted by atomic mass is 32.2. The van der Waals surface area contributed by atoms with Crippen LogP contribution in [0.25, 0.3) is 0 Å². The van der Waals surface area contributed by atoms with Crippen LogP contribution in [0, 0.1) is 5.82 Å². The summed E-state index contributed by atoms with van der Waals surface area (Å²) in [5.41, 5.74) is 4.83. The van der Waals surface area contributed by atoms with E-state index in [1.54, 1.807) is 12.1 Å². The Morgan fingerprint density at radius 2 is 2.00 bits per heavy atom. The van der Waals surface area contributed by atoms with Crippen molar-refractivity contribution in [2.75, 3.05) is 0 Å². The standard InChI is InChI=1S/C7H7FN2OS/c8-5-1-3-6(4-2-5)12-10-7(9)11/h1-4H,(H3,9,10,11). The van der Waals surface area contributed by atoms with Gasteiger partial charge in [-0.2, -0.15) is 0 Å². The fraction of sp³-hybridized carbons (Fsp3) is 0. The maximum absolute atomic E-state index is 12.4. The van der Waals surface area contributed by atoms with Crippen LogP contribution in [0.3, 0.4) is 0 Å². The normalized spacial score (nSPS) is 9.42. The molecule has 0 saturated carbocycles.